The van der Waals surface area contributed by atoms with Crippen molar-refractivity contribution in [3.63, 3.8) is 0 Å². The van der Waals surface area contributed by atoms with Gasteiger partial charge >= 0.3 is 5.97 Å². The molecule has 1 aromatic carbocycles. The molecule has 164 valence electrons. The van der Waals surface area contributed by atoms with E-state index in [4.69, 9.17) is 14.4 Å². The highest BCUT2D eigenvalue weighted by atomic mass is 19.1. The predicted octanol–water partition coefficient (Wildman–Crippen LogP) is 4.00. The van der Waals surface area contributed by atoms with Crippen molar-refractivity contribution >= 4 is 17.4 Å². The van der Waals surface area contributed by atoms with E-state index in [1.54, 1.807) is 29.7 Å². The first-order valence-corrected chi connectivity index (χ1v) is 9.60. The van der Waals surface area contributed by atoms with Gasteiger partial charge < -0.3 is 14.4 Å². The second-order valence-electron chi connectivity index (χ2n) is 7.01. The minimum absolute atomic E-state index is 0.0361. The second-order valence-corrected chi connectivity index (χ2v) is 7.01. The molecule has 3 heterocycles. The Labute approximate surface area is 180 Å². The van der Waals surface area contributed by atoms with E-state index < -0.39 is 17.6 Å². The number of pyridine rings is 1. The number of hydrogen-bond donors (Lipinski definition) is 1. The van der Waals surface area contributed by atoms with Crippen molar-refractivity contribution in [2.45, 2.75) is 26.4 Å². The highest BCUT2D eigenvalue weighted by molar-refractivity contribution is 5.96. The average molecular weight is 441 g/mol. The SMILES string of the molecule is Cc1nc2c(OCc3c(F)cccc3F)cccn2c1C(=O)CCc1cc(C(=O)O)no1. The van der Waals surface area contributed by atoms with Gasteiger partial charge in [0, 0.05) is 25.1 Å². The molecular weight excluding hydrogens is 424 g/mol. The third-order valence-electron chi connectivity index (χ3n) is 4.86. The van der Waals surface area contributed by atoms with E-state index in [-0.39, 0.29) is 48.0 Å². The predicted molar refractivity (Wildman–Crippen MR) is 107 cm³/mol. The monoisotopic (exact) mass is 441 g/mol. The third kappa shape index (κ3) is 4.07. The average Bonchev–Trinajstić information content (AvgIpc) is 3.36. The van der Waals surface area contributed by atoms with Crippen LogP contribution in [0, 0.1) is 18.6 Å². The molecule has 8 nitrogen and oxygen atoms in total. The first kappa shape index (κ1) is 21.2. The van der Waals surface area contributed by atoms with Crippen LogP contribution < -0.4 is 4.74 Å². The van der Waals surface area contributed by atoms with Crippen LogP contribution in [0.2, 0.25) is 0 Å². The molecule has 0 unspecified atom stereocenters. The summed E-state index contributed by atoms with van der Waals surface area (Å²) in [6, 6.07) is 8.06. The van der Waals surface area contributed by atoms with Crippen LogP contribution in [0.4, 0.5) is 8.78 Å². The number of carbonyl (C=O) groups is 2. The summed E-state index contributed by atoms with van der Waals surface area (Å²) in [7, 11) is 0. The molecule has 0 saturated heterocycles. The summed E-state index contributed by atoms with van der Waals surface area (Å²) >= 11 is 0. The number of imidazole rings is 1. The number of rotatable bonds is 8. The zero-order valence-electron chi connectivity index (χ0n) is 16.8. The molecule has 32 heavy (non-hydrogen) atoms. The number of carbonyl (C=O) groups excluding carboxylic acids is 1. The largest absolute Gasteiger partial charge is 0.485 e. The van der Waals surface area contributed by atoms with Crippen LogP contribution in [0.1, 0.15) is 44.4 Å². The van der Waals surface area contributed by atoms with Gasteiger partial charge in [0.1, 0.15) is 29.7 Å². The number of aryl methyl sites for hydroxylation is 2. The maximum absolute atomic E-state index is 13.9. The van der Waals surface area contributed by atoms with Gasteiger partial charge in [-0.05, 0) is 31.2 Å². The van der Waals surface area contributed by atoms with E-state index in [0.717, 1.165) is 12.1 Å². The Morgan fingerprint density at radius 2 is 1.94 bits per heavy atom. The van der Waals surface area contributed by atoms with Crippen LogP contribution in [0.5, 0.6) is 5.75 Å². The molecule has 0 aliphatic carbocycles. The summed E-state index contributed by atoms with van der Waals surface area (Å²) in [6.07, 6.45) is 1.83. The topological polar surface area (TPSA) is 107 Å². The normalized spacial score (nSPS) is 11.1. The highest BCUT2D eigenvalue weighted by Gasteiger charge is 2.20. The number of nitrogens with zero attached hydrogens (tertiary/aromatic N) is 3. The molecule has 1 N–H and O–H groups in total. The number of aromatic nitrogens is 3. The molecule has 0 amide bonds. The van der Waals surface area contributed by atoms with Gasteiger partial charge in [-0.3, -0.25) is 9.20 Å². The number of ether oxygens (including phenoxy) is 1. The molecular formula is C22H17F2N3O5. The standard InChI is InChI=1S/C22H17F2N3O5/c1-12-20(18(28)8-7-13-10-17(22(29)30)26-32-13)27-9-3-6-19(21(27)25-12)31-11-14-15(23)4-2-5-16(14)24/h2-6,9-10H,7-8,11H2,1H3,(H,29,30). The van der Waals surface area contributed by atoms with Gasteiger partial charge in [0.05, 0.1) is 11.3 Å². The van der Waals surface area contributed by atoms with Crippen molar-refractivity contribution in [1.29, 1.82) is 0 Å². The summed E-state index contributed by atoms with van der Waals surface area (Å²) in [5.41, 5.74) is 0.665. The number of benzene rings is 1. The summed E-state index contributed by atoms with van der Waals surface area (Å²) in [4.78, 5) is 28.1. The first-order valence-electron chi connectivity index (χ1n) is 9.60. The molecule has 10 heteroatoms. The Hall–Kier alpha value is -4.08. The lowest BCUT2D eigenvalue weighted by Crippen LogP contribution is -2.07. The Morgan fingerprint density at radius 3 is 2.62 bits per heavy atom. The Kier molecular flexibility index (Phi) is 5.67. The number of halogens is 2. The summed E-state index contributed by atoms with van der Waals surface area (Å²) in [5.74, 6) is -2.36. The maximum Gasteiger partial charge on any atom is 0.358 e. The van der Waals surface area contributed by atoms with E-state index in [1.165, 1.54) is 12.1 Å². The lowest BCUT2D eigenvalue weighted by molar-refractivity contribution is 0.0685. The molecule has 4 aromatic rings. The smallest absolute Gasteiger partial charge is 0.358 e. The van der Waals surface area contributed by atoms with Gasteiger partial charge in [-0.25, -0.2) is 18.6 Å². The van der Waals surface area contributed by atoms with Crippen LogP contribution in [0.25, 0.3) is 5.65 Å². The summed E-state index contributed by atoms with van der Waals surface area (Å²) in [6.45, 7) is 1.32. The number of carboxylic acid groups (broad SMARTS) is 1. The van der Waals surface area contributed by atoms with Gasteiger partial charge in [0.2, 0.25) is 0 Å². The van der Waals surface area contributed by atoms with E-state index in [2.05, 4.69) is 10.1 Å². The van der Waals surface area contributed by atoms with Crippen molar-refractivity contribution in [3.8, 4) is 5.75 Å². The van der Waals surface area contributed by atoms with Crippen LogP contribution in [-0.4, -0.2) is 31.4 Å². The number of fused-ring (bicyclic) bond motifs is 1. The quantitative estimate of drug-likeness (QED) is 0.412. The minimum Gasteiger partial charge on any atom is -0.485 e. The fourth-order valence-corrected chi connectivity index (χ4v) is 3.31. The van der Waals surface area contributed by atoms with Gasteiger partial charge in [-0.2, -0.15) is 0 Å². The van der Waals surface area contributed by atoms with E-state index in [0.29, 0.717) is 17.0 Å². The fourth-order valence-electron chi connectivity index (χ4n) is 3.31. The molecule has 0 radical (unpaired) electrons. The molecule has 0 bridgehead atoms. The lowest BCUT2D eigenvalue weighted by Gasteiger charge is -2.09. The Morgan fingerprint density at radius 1 is 1.19 bits per heavy atom. The molecule has 0 saturated carbocycles. The van der Waals surface area contributed by atoms with Gasteiger partial charge in [-0.15, -0.1) is 0 Å². The zero-order chi connectivity index (χ0) is 22.8. The number of aromatic carboxylic acids is 1. The van der Waals surface area contributed by atoms with E-state index in [1.807, 2.05) is 0 Å². The highest BCUT2D eigenvalue weighted by Crippen LogP contribution is 2.25. The number of ketones is 1. The number of Topliss-reactive ketones (excluding diaryl/α,β-unsaturated/α-hetero) is 1. The van der Waals surface area contributed by atoms with Gasteiger partial charge in [0.25, 0.3) is 0 Å². The fraction of sp³-hybridized carbons (Fsp3) is 0.182. The van der Waals surface area contributed by atoms with Crippen molar-refractivity contribution < 1.29 is 32.7 Å². The van der Waals surface area contributed by atoms with Crippen molar-refractivity contribution in [2.75, 3.05) is 0 Å². The Balaban J connectivity index is 1.55. The molecule has 3 aromatic heterocycles. The van der Waals surface area contributed by atoms with Crippen LogP contribution in [0.15, 0.2) is 47.1 Å². The molecule has 0 spiro atoms. The molecule has 4 rings (SSSR count). The first-order chi connectivity index (χ1) is 15.3. The molecule has 0 fully saturated rings. The molecule has 0 aliphatic heterocycles. The lowest BCUT2D eigenvalue weighted by atomic mass is 10.1. The van der Waals surface area contributed by atoms with Crippen molar-refractivity contribution in [2.24, 2.45) is 0 Å². The van der Waals surface area contributed by atoms with Crippen LogP contribution in [-0.2, 0) is 13.0 Å². The van der Waals surface area contributed by atoms with Crippen molar-refractivity contribution in [3.05, 3.63) is 82.6 Å². The molecule has 0 aliphatic rings. The summed E-state index contributed by atoms with van der Waals surface area (Å²) in [5, 5.41) is 12.3. The second kappa shape index (κ2) is 8.58. The maximum atomic E-state index is 13.9. The van der Waals surface area contributed by atoms with E-state index in [9.17, 15) is 18.4 Å². The zero-order valence-corrected chi connectivity index (χ0v) is 16.8. The van der Waals surface area contributed by atoms with Gasteiger partial charge in [-0.1, -0.05) is 11.2 Å². The summed E-state index contributed by atoms with van der Waals surface area (Å²) < 4.78 is 39.9. The third-order valence-corrected chi connectivity index (χ3v) is 4.86. The minimum atomic E-state index is -1.22. The molecule has 0 atom stereocenters. The van der Waals surface area contributed by atoms with Crippen molar-refractivity contribution in [1.82, 2.24) is 14.5 Å². The Bertz CT molecular complexity index is 1310. The van der Waals surface area contributed by atoms with Gasteiger partial charge in [0.15, 0.2) is 22.9 Å². The van der Waals surface area contributed by atoms with Crippen LogP contribution >= 0.6 is 0 Å². The van der Waals surface area contributed by atoms with Crippen LogP contribution in [0.3, 0.4) is 0 Å². The number of hydrogen-bond acceptors (Lipinski definition) is 6. The van der Waals surface area contributed by atoms with E-state index >= 15 is 0 Å². The number of carboxylic acids is 1.